The van der Waals surface area contributed by atoms with E-state index in [-0.39, 0.29) is 12.2 Å². The number of aromatic nitrogens is 4. The molecule has 4 rings (SSSR count). The van der Waals surface area contributed by atoms with Gasteiger partial charge in [-0.1, -0.05) is 0 Å². The first-order valence-corrected chi connectivity index (χ1v) is 10.8. The lowest BCUT2D eigenvalue weighted by Gasteiger charge is -2.34. The van der Waals surface area contributed by atoms with Gasteiger partial charge in [0.2, 0.25) is 11.1 Å². The molecule has 1 unspecified atom stereocenters. The number of carbonyl (C=O) groups is 1. The standard InChI is InChI=1S/C18H27N7O3S/c1-13-14(12-20-25(13)9-11-28-15-4-2-3-10-27-15)16(26)23-5-7-24(8-6-23)18-21-17(19)22-29-18/h12,15H,2-11H2,1H3,(H2,19,22). The number of hydrogen-bond donors (Lipinski definition) is 1. The van der Waals surface area contributed by atoms with Crippen LogP contribution in [0.3, 0.4) is 0 Å². The molecule has 0 spiro atoms. The van der Waals surface area contributed by atoms with Gasteiger partial charge >= 0.3 is 0 Å². The predicted molar refractivity (Wildman–Crippen MR) is 109 cm³/mol. The van der Waals surface area contributed by atoms with Gasteiger partial charge in [-0.15, -0.1) is 0 Å². The van der Waals surface area contributed by atoms with Crippen molar-refractivity contribution >= 4 is 28.5 Å². The fourth-order valence-corrected chi connectivity index (χ4v) is 4.27. The first kappa shape index (κ1) is 20.0. The molecule has 10 nitrogen and oxygen atoms in total. The molecule has 2 aliphatic rings. The average Bonchev–Trinajstić information content (AvgIpc) is 3.34. The average molecular weight is 422 g/mol. The molecule has 0 aromatic carbocycles. The molecule has 158 valence electrons. The fourth-order valence-electron chi connectivity index (χ4n) is 3.62. The Kier molecular flexibility index (Phi) is 6.26. The molecule has 4 heterocycles. The summed E-state index contributed by atoms with van der Waals surface area (Å²) < 4.78 is 17.2. The van der Waals surface area contributed by atoms with Gasteiger partial charge in [-0.3, -0.25) is 9.48 Å². The Hall–Kier alpha value is -2.24. The lowest BCUT2D eigenvalue weighted by Crippen LogP contribution is -2.48. The highest BCUT2D eigenvalue weighted by Crippen LogP contribution is 2.21. The second kappa shape index (κ2) is 9.06. The predicted octanol–water partition coefficient (Wildman–Crippen LogP) is 1.13. The topological polar surface area (TPSA) is 112 Å². The molecule has 2 fully saturated rings. The number of hydrogen-bond acceptors (Lipinski definition) is 9. The smallest absolute Gasteiger partial charge is 0.257 e. The van der Waals surface area contributed by atoms with E-state index in [0.29, 0.717) is 50.8 Å². The van der Waals surface area contributed by atoms with Crippen molar-refractivity contribution in [3.05, 3.63) is 17.5 Å². The van der Waals surface area contributed by atoms with Crippen LogP contribution >= 0.6 is 11.5 Å². The molecule has 0 radical (unpaired) electrons. The van der Waals surface area contributed by atoms with Crippen LogP contribution in [0.25, 0.3) is 0 Å². The Labute approximate surface area is 173 Å². The van der Waals surface area contributed by atoms with E-state index >= 15 is 0 Å². The Morgan fingerprint density at radius 1 is 1.34 bits per heavy atom. The van der Waals surface area contributed by atoms with Crippen molar-refractivity contribution in [2.24, 2.45) is 0 Å². The first-order valence-electron chi connectivity index (χ1n) is 10.0. The summed E-state index contributed by atoms with van der Waals surface area (Å²) in [6.45, 7) is 6.50. The zero-order chi connectivity index (χ0) is 20.2. The van der Waals surface area contributed by atoms with E-state index in [1.807, 2.05) is 16.5 Å². The summed E-state index contributed by atoms with van der Waals surface area (Å²) in [6, 6.07) is 0. The zero-order valence-electron chi connectivity index (χ0n) is 16.6. The highest BCUT2D eigenvalue weighted by molar-refractivity contribution is 7.09. The van der Waals surface area contributed by atoms with Crippen LogP contribution in [-0.2, 0) is 16.0 Å². The van der Waals surface area contributed by atoms with Crippen molar-refractivity contribution in [3.8, 4) is 0 Å². The SMILES string of the molecule is Cc1c(C(=O)N2CCN(c3nc(N)ns3)CC2)cnn1CCOC1CCCCO1. The minimum atomic E-state index is -0.111. The van der Waals surface area contributed by atoms with Crippen LogP contribution < -0.4 is 10.6 Å². The van der Waals surface area contributed by atoms with Gasteiger partial charge in [0.05, 0.1) is 24.9 Å². The van der Waals surface area contributed by atoms with Crippen LogP contribution in [0.2, 0.25) is 0 Å². The van der Waals surface area contributed by atoms with Gasteiger partial charge in [0.25, 0.3) is 5.91 Å². The van der Waals surface area contributed by atoms with Gasteiger partial charge in [0, 0.05) is 50.0 Å². The maximum absolute atomic E-state index is 13.0. The van der Waals surface area contributed by atoms with Gasteiger partial charge in [-0.25, -0.2) is 0 Å². The number of nitrogen functional groups attached to an aromatic ring is 1. The number of piperazine rings is 1. The number of carbonyl (C=O) groups excluding carboxylic acids is 1. The van der Waals surface area contributed by atoms with Gasteiger partial charge in [0.1, 0.15) is 0 Å². The largest absolute Gasteiger partial charge is 0.367 e. The molecule has 29 heavy (non-hydrogen) atoms. The van der Waals surface area contributed by atoms with Crippen LogP contribution in [-0.4, -0.2) is 75.6 Å². The van der Waals surface area contributed by atoms with Crippen molar-refractivity contribution in [2.45, 2.75) is 39.0 Å². The highest BCUT2D eigenvalue weighted by atomic mass is 32.1. The number of rotatable bonds is 6. The van der Waals surface area contributed by atoms with E-state index in [1.54, 1.807) is 6.20 Å². The lowest BCUT2D eigenvalue weighted by molar-refractivity contribution is -0.163. The van der Waals surface area contributed by atoms with Gasteiger partial charge in [-0.2, -0.15) is 14.5 Å². The van der Waals surface area contributed by atoms with Crippen LogP contribution in [0.1, 0.15) is 35.3 Å². The van der Waals surface area contributed by atoms with Crippen molar-refractivity contribution < 1.29 is 14.3 Å². The molecule has 0 bridgehead atoms. The van der Waals surface area contributed by atoms with E-state index in [4.69, 9.17) is 15.2 Å². The molecule has 0 aliphatic carbocycles. The number of anilines is 2. The third-order valence-corrected chi connectivity index (χ3v) is 6.14. The number of amides is 1. The highest BCUT2D eigenvalue weighted by Gasteiger charge is 2.26. The van der Waals surface area contributed by atoms with E-state index in [0.717, 1.165) is 36.7 Å². The lowest BCUT2D eigenvalue weighted by atomic mass is 10.2. The fraction of sp³-hybridized carbons (Fsp3) is 0.667. The van der Waals surface area contributed by atoms with Crippen molar-refractivity contribution in [2.75, 3.05) is 50.0 Å². The Balaban J connectivity index is 1.29. The van der Waals surface area contributed by atoms with E-state index in [2.05, 4.69) is 19.4 Å². The van der Waals surface area contributed by atoms with Gasteiger partial charge < -0.3 is 25.0 Å². The van der Waals surface area contributed by atoms with E-state index in [1.165, 1.54) is 11.5 Å². The quantitative estimate of drug-likeness (QED) is 0.739. The molecule has 1 atom stereocenters. The van der Waals surface area contributed by atoms with Gasteiger partial charge in [0.15, 0.2) is 6.29 Å². The summed E-state index contributed by atoms with van der Waals surface area (Å²) in [6.07, 6.45) is 4.74. The summed E-state index contributed by atoms with van der Waals surface area (Å²) in [5.74, 6) is 0.312. The molecule has 0 saturated carbocycles. The molecule has 2 N–H and O–H groups in total. The Bertz CT molecular complexity index is 825. The van der Waals surface area contributed by atoms with E-state index < -0.39 is 0 Å². The number of nitrogens with two attached hydrogens (primary N) is 1. The summed E-state index contributed by atoms with van der Waals surface area (Å²) in [7, 11) is 0. The van der Waals surface area contributed by atoms with Crippen LogP contribution in [0, 0.1) is 6.92 Å². The second-order valence-corrected chi connectivity index (χ2v) is 7.98. The summed E-state index contributed by atoms with van der Waals surface area (Å²) >= 11 is 1.29. The minimum Gasteiger partial charge on any atom is -0.367 e. The molecule has 2 saturated heterocycles. The summed E-state index contributed by atoms with van der Waals surface area (Å²) in [5, 5.41) is 5.19. The maximum Gasteiger partial charge on any atom is 0.257 e. The van der Waals surface area contributed by atoms with E-state index in [9.17, 15) is 4.79 Å². The van der Waals surface area contributed by atoms with Crippen molar-refractivity contribution in [3.63, 3.8) is 0 Å². The first-order chi connectivity index (χ1) is 14.1. The van der Waals surface area contributed by atoms with Crippen LogP contribution in [0.5, 0.6) is 0 Å². The van der Waals surface area contributed by atoms with Gasteiger partial charge in [-0.05, 0) is 26.2 Å². The summed E-state index contributed by atoms with van der Waals surface area (Å²) in [5.41, 5.74) is 7.11. The molecule has 11 heteroatoms. The molecule has 2 aromatic heterocycles. The Morgan fingerprint density at radius 2 is 2.17 bits per heavy atom. The zero-order valence-corrected chi connectivity index (χ0v) is 17.4. The van der Waals surface area contributed by atoms with Crippen molar-refractivity contribution in [1.29, 1.82) is 0 Å². The van der Waals surface area contributed by atoms with Crippen LogP contribution in [0.15, 0.2) is 6.20 Å². The van der Waals surface area contributed by atoms with Crippen LogP contribution in [0.4, 0.5) is 11.1 Å². The Morgan fingerprint density at radius 3 is 2.86 bits per heavy atom. The molecule has 1 amide bonds. The monoisotopic (exact) mass is 421 g/mol. The second-order valence-electron chi connectivity index (χ2n) is 7.25. The third kappa shape index (κ3) is 4.68. The maximum atomic E-state index is 13.0. The summed E-state index contributed by atoms with van der Waals surface area (Å²) in [4.78, 5) is 21.1. The third-order valence-electron chi connectivity index (χ3n) is 5.35. The van der Waals surface area contributed by atoms with Crippen molar-refractivity contribution in [1.82, 2.24) is 24.0 Å². The normalized spacial score (nSPS) is 20.2. The number of ether oxygens (including phenoxy) is 2. The number of nitrogens with zero attached hydrogens (tertiary/aromatic N) is 6. The molecular weight excluding hydrogens is 394 g/mol. The minimum absolute atomic E-state index is 0.0155. The molecule has 2 aromatic rings. The molecular formula is C18H27N7O3S. The molecule has 2 aliphatic heterocycles.